The maximum absolute atomic E-state index is 14.5. The molecule has 4 aromatic rings. The number of pyridine rings is 2. The van der Waals surface area contributed by atoms with Crippen molar-refractivity contribution in [2.75, 3.05) is 5.32 Å². The Morgan fingerprint density at radius 1 is 1.11 bits per heavy atom. The van der Waals surface area contributed by atoms with Crippen LogP contribution in [0, 0.1) is 5.82 Å². The molecular weight excluding hydrogens is 373 g/mol. The van der Waals surface area contributed by atoms with Gasteiger partial charge in [-0.1, -0.05) is 26.8 Å². The summed E-state index contributed by atoms with van der Waals surface area (Å²) in [7, 11) is 0. The quantitative estimate of drug-likeness (QED) is 0.470. The molecule has 5 nitrogen and oxygen atoms in total. The van der Waals surface area contributed by atoms with Crippen LogP contribution in [0.4, 0.5) is 16.2 Å². The fourth-order valence-corrected chi connectivity index (χ4v) is 4.22. The molecule has 0 radical (unpaired) electrons. The second-order valence-electron chi connectivity index (χ2n) is 6.80. The molecule has 28 heavy (non-hydrogen) atoms. The molecular formula is C21H20FN5S. The second kappa shape index (κ2) is 7.59. The Balaban J connectivity index is 1.71. The first-order valence-electron chi connectivity index (χ1n) is 9.18. The minimum Gasteiger partial charge on any atom is -0.309 e. The molecule has 0 bridgehead atoms. The molecule has 0 atom stereocenters. The minimum atomic E-state index is -0.461. The lowest BCUT2D eigenvalue weighted by Gasteiger charge is -2.06. The average molecular weight is 393 g/mol. The Kier molecular flexibility index (Phi) is 5.00. The molecule has 0 spiro atoms. The third kappa shape index (κ3) is 3.57. The Labute approximate surface area is 166 Å². The molecule has 1 N–H and O–H groups in total. The maximum Gasteiger partial charge on any atom is 0.229 e. The van der Waals surface area contributed by atoms with E-state index in [1.54, 1.807) is 12.4 Å². The number of anilines is 2. The first-order valence-corrected chi connectivity index (χ1v) is 10.00. The van der Waals surface area contributed by atoms with Gasteiger partial charge >= 0.3 is 0 Å². The zero-order valence-corrected chi connectivity index (χ0v) is 16.7. The number of fused-ring (bicyclic) bond motifs is 1. The smallest absolute Gasteiger partial charge is 0.229 e. The van der Waals surface area contributed by atoms with Crippen molar-refractivity contribution in [3.8, 4) is 10.6 Å². The van der Waals surface area contributed by atoms with Crippen molar-refractivity contribution in [2.45, 2.75) is 33.1 Å². The molecule has 0 saturated carbocycles. The third-order valence-electron chi connectivity index (χ3n) is 4.51. The number of nitrogens with zero attached hydrogens (tertiary/aromatic N) is 4. The van der Waals surface area contributed by atoms with Crippen LogP contribution in [0.5, 0.6) is 0 Å². The number of halogens is 1. The van der Waals surface area contributed by atoms with Gasteiger partial charge in [-0.25, -0.2) is 19.3 Å². The summed E-state index contributed by atoms with van der Waals surface area (Å²) in [5, 5.41) is 3.04. The number of nitrogens with one attached hydrogen (secondary N) is 1. The molecule has 0 aliphatic heterocycles. The summed E-state index contributed by atoms with van der Waals surface area (Å²) in [5.74, 6) is 0.830. The fraction of sp³-hybridized carbons (Fsp3) is 0.238. The van der Waals surface area contributed by atoms with E-state index in [0.717, 1.165) is 27.1 Å². The maximum atomic E-state index is 14.5. The monoisotopic (exact) mass is 393 g/mol. The zero-order chi connectivity index (χ0) is 19.7. The van der Waals surface area contributed by atoms with Crippen LogP contribution < -0.4 is 5.32 Å². The van der Waals surface area contributed by atoms with Crippen molar-refractivity contribution in [1.29, 1.82) is 0 Å². The van der Waals surface area contributed by atoms with E-state index in [-0.39, 0.29) is 5.69 Å². The molecule has 0 aliphatic carbocycles. The summed E-state index contributed by atoms with van der Waals surface area (Å²) in [6, 6.07) is 7.76. The van der Waals surface area contributed by atoms with Crippen LogP contribution >= 0.6 is 11.3 Å². The fourth-order valence-electron chi connectivity index (χ4n) is 2.95. The summed E-state index contributed by atoms with van der Waals surface area (Å²) >= 11 is 1.50. The van der Waals surface area contributed by atoms with E-state index in [2.05, 4.69) is 46.0 Å². The number of aromatic nitrogens is 4. The summed E-state index contributed by atoms with van der Waals surface area (Å²) in [6.07, 6.45) is 5.70. The largest absolute Gasteiger partial charge is 0.309 e. The molecule has 4 rings (SSSR count). The summed E-state index contributed by atoms with van der Waals surface area (Å²) in [5.41, 5.74) is 3.47. The Morgan fingerprint density at radius 3 is 2.68 bits per heavy atom. The predicted molar refractivity (Wildman–Crippen MR) is 112 cm³/mol. The number of hydrogen-bond donors (Lipinski definition) is 1. The molecule has 7 heteroatoms. The van der Waals surface area contributed by atoms with Crippen molar-refractivity contribution in [2.24, 2.45) is 0 Å². The number of thiophene rings is 1. The van der Waals surface area contributed by atoms with E-state index >= 15 is 0 Å². The molecule has 0 aromatic carbocycles. The Morgan fingerprint density at radius 2 is 1.96 bits per heavy atom. The van der Waals surface area contributed by atoms with Gasteiger partial charge in [0.15, 0.2) is 5.82 Å². The highest BCUT2D eigenvalue weighted by atomic mass is 32.1. The van der Waals surface area contributed by atoms with Gasteiger partial charge in [0.1, 0.15) is 11.5 Å². The first-order chi connectivity index (χ1) is 13.5. The summed E-state index contributed by atoms with van der Waals surface area (Å²) < 4.78 is 15.6. The lowest BCUT2D eigenvalue weighted by molar-refractivity contribution is 0.619. The lowest BCUT2D eigenvalue weighted by atomic mass is 10.0. The van der Waals surface area contributed by atoms with Crippen LogP contribution in [0.2, 0.25) is 0 Å². The van der Waals surface area contributed by atoms with Crippen LogP contribution in [0.15, 0.2) is 42.9 Å². The van der Waals surface area contributed by atoms with Crippen LogP contribution in [-0.4, -0.2) is 19.9 Å². The highest BCUT2D eigenvalue weighted by Crippen LogP contribution is 2.37. The van der Waals surface area contributed by atoms with Gasteiger partial charge in [-0.2, -0.15) is 0 Å². The SMILES string of the molecule is CCc1ccc(Nc2ncc(F)c(-c3cc4nccc(C(C)C)c4s3)n2)nc1. The lowest BCUT2D eigenvalue weighted by Crippen LogP contribution is -2.01. The molecule has 0 amide bonds. The number of rotatable bonds is 5. The van der Waals surface area contributed by atoms with Crippen molar-refractivity contribution < 1.29 is 4.39 Å². The van der Waals surface area contributed by atoms with Crippen molar-refractivity contribution in [3.63, 3.8) is 0 Å². The van der Waals surface area contributed by atoms with Gasteiger partial charge in [-0.05, 0) is 41.7 Å². The van der Waals surface area contributed by atoms with Crippen LogP contribution in [0.25, 0.3) is 20.8 Å². The van der Waals surface area contributed by atoms with Gasteiger partial charge < -0.3 is 5.32 Å². The van der Waals surface area contributed by atoms with E-state index in [1.807, 2.05) is 24.3 Å². The molecule has 4 heterocycles. The second-order valence-corrected chi connectivity index (χ2v) is 7.85. The van der Waals surface area contributed by atoms with Gasteiger partial charge in [0.2, 0.25) is 5.95 Å². The number of aryl methyl sites for hydroxylation is 1. The highest BCUT2D eigenvalue weighted by Gasteiger charge is 2.16. The zero-order valence-electron chi connectivity index (χ0n) is 15.9. The molecule has 4 aromatic heterocycles. The van der Waals surface area contributed by atoms with Crippen molar-refractivity contribution in [1.82, 2.24) is 19.9 Å². The van der Waals surface area contributed by atoms with E-state index in [1.165, 1.54) is 23.1 Å². The summed E-state index contributed by atoms with van der Waals surface area (Å²) in [4.78, 5) is 17.9. The average Bonchev–Trinajstić information content (AvgIpc) is 3.14. The van der Waals surface area contributed by atoms with Gasteiger partial charge in [-0.3, -0.25) is 4.98 Å². The number of hydrogen-bond acceptors (Lipinski definition) is 6. The van der Waals surface area contributed by atoms with Gasteiger partial charge in [-0.15, -0.1) is 11.3 Å². The normalized spacial score (nSPS) is 11.3. The highest BCUT2D eigenvalue weighted by molar-refractivity contribution is 7.22. The Bertz CT molecular complexity index is 1120. The molecule has 0 saturated heterocycles. The minimum absolute atomic E-state index is 0.264. The van der Waals surface area contributed by atoms with Crippen molar-refractivity contribution >= 4 is 33.3 Å². The van der Waals surface area contributed by atoms with E-state index in [9.17, 15) is 4.39 Å². The van der Waals surface area contributed by atoms with Crippen LogP contribution in [0.1, 0.15) is 37.8 Å². The molecule has 142 valence electrons. The van der Waals surface area contributed by atoms with Crippen LogP contribution in [-0.2, 0) is 6.42 Å². The van der Waals surface area contributed by atoms with Gasteiger partial charge in [0, 0.05) is 12.4 Å². The van der Waals surface area contributed by atoms with E-state index < -0.39 is 5.82 Å². The predicted octanol–water partition coefficient (Wildman–Crippen LogP) is 5.72. The standard InChI is InChI=1S/C21H20FN5S/c1-4-13-5-6-18(24-10-13)26-21-25-11-15(22)19(27-21)17-9-16-20(28-17)14(12(2)3)7-8-23-16/h5-12H,4H2,1-3H3,(H,24,25,26,27). The third-order valence-corrected chi connectivity index (χ3v) is 5.69. The molecule has 0 aliphatic rings. The molecule has 0 unspecified atom stereocenters. The van der Waals surface area contributed by atoms with Crippen molar-refractivity contribution in [3.05, 3.63) is 59.8 Å². The van der Waals surface area contributed by atoms with Gasteiger partial charge in [0.25, 0.3) is 0 Å². The topological polar surface area (TPSA) is 63.6 Å². The van der Waals surface area contributed by atoms with E-state index in [0.29, 0.717) is 17.7 Å². The van der Waals surface area contributed by atoms with Crippen LogP contribution in [0.3, 0.4) is 0 Å². The Hall–Kier alpha value is -2.93. The summed E-state index contributed by atoms with van der Waals surface area (Å²) in [6.45, 7) is 6.35. The molecule has 0 fully saturated rings. The first kappa shape index (κ1) is 18.4. The van der Waals surface area contributed by atoms with E-state index in [4.69, 9.17) is 0 Å². The van der Waals surface area contributed by atoms with Gasteiger partial charge in [0.05, 0.1) is 21.3 Å².